The second-order valence-electron chi connectivity index (χ2n) is 9.20. The van der Waals surface area contributed by atoms with Gasteiger partial charge in [0.05, 0.1) is 32.0 Å². The Labute approximate surface area is 268 Å². The zero-order chi connectivity index (χ0) is 29.8. The van der Waals surface area contributed by atoms with Crippen LogP contribution in [-0.4, -0.2) is 23.7 Å². The molecule has 1 aliphatic rings. The number of aromatic nitrogens is 1. The van der Waals surface area contributed by atoms with E-state index in [9.17, 15) is 9.59 Å². The second kappa shape index (κ2) is 13.1. The van der Waals surface area contributed by atoms with Gasteiger partial charge in [0.2, 0.25) is 0 Å². The molecule has 1 amide bonds. The van der Waals surface area contributed by atoms with Gasteiger partial charge in [-0.1, -0.05) is 63.5 Å². The number of allylic oxidation sites excluding steroid dienone is 1. The number of benzene rings is 3. The lowest BCUT2D eigenvalue weighted by Gasteiger charge is -2.25. The Morgan fingerprint density at radius 3 is 2.62 bits per heavy atom. The minimum atomic E-state index is -0.706. The van der Waals surface area contributed by atoms with Crippen molar-refractivity contribution in [2.75, 3.05) is 18.5 Å². The third-order valence-corrected chi connectivity index (χ3v) is 8.67. The van der Waals surface area contributed by atoms with E-state index in [0.29, 0.717) is 50.0 Å². The van der Waals surface area contributed by atoms with Gasteiger partial charge in [0.25, 0.3) is 11.5 Å². The molecule has 0 fully saturated rings. The normalized spacial score (nSPS) is 14.5. The Bertz CT molecular complexity index is 1910. The summed E-state index contributed by atoms with van der Waals surface area (Å²) in [6.07, 6.45) is 7.22. The summed E-state index contributed by atoms with van der Waals surface area (Å²) < 4.78 is 15.2. The Balaban J connectivity index is 1.68. The van der Waals surface area contributed by atoms with Crippen LogP contribution >= 0.6 is 49.9 Å². The maximum absolute atomic E-state index is 14.1. The molecule has 0 aliphatic carbocycles. The van der Waals surface area contributed by atoms with Crippen LogP contribution < -0.4 is 29.7 Å². The maximum Gasteiger partial charge on any atom is 0.271 e. The van der Waals surface area contributed by atoms with Gasteiger partial charge in [-0.25, -0.2) is 4.99 Å². The molecule has 3 aromatic carbocycles. The van der Waals surface area contributed by atoms with Crippen molar-refractivity contribution >= 4 is 67.5 Å². The van der Waals surface area contributed by atoms with Crippen molar-refractivity contribution in [3.63, 3.8) is 0 Å². The number of hydrogen-bond donors (Lipinski definition) is 1. The number of fused-ring (bicyclic) bond motifs is 1. The molecule has 10 heteroatoms. The number of ether oxygens (including phenoxy) is 2. The van der Waals surface area contributed by atoms with Crippen LogP contribution in [0.4, 0.5) is 5.69 Å². The molecule has 0 unspecified atom stereocenters. The fraction of sp³-hybridized carbons (Fsp3) is 0.156. The van der Waals surface area contributed by atoms with Gasteiger partial charge in [-0.05, 0) is 84.5 Å². The summed E-state index contributed by atoms with van der Waals surface area (Å²) in [5.74, 6) is 3.45. The SMILES string of the molecule is C#CCOc1c(I)cc(Br)cc1/C=c1\sc2n(c1=O)[C@H](c1ccc(OCC)cc1)C(C(=O)Nc1ccccc1)=C(C)N=2. The molecule has 1 aromatic heterocycles. The third kappa shape index (κ3) is 6.23. The van der Waals surface area contributed by atoms with Crippen LogP contribution in [-0.2, 0) is 4.79 Å². The molecule has 1 aliphatic heterocycles. The third-order valence-electron chi connectivity index (χ3n) is 6.43. The predicted octanol–water partition coefficient (Wildman–Crippen LogP) is 5.65. The van der Waals surface area contributed by atoms with Gasteiger partial charge in [-0.15, -0.1) is 6.42 Å². The van der Waals surface area contributed by atoms with Crippen LogP contribution in [0.3, 0.4) is 0 Å². The molecule has 0 bridgehead atoms. The first-order valence-electron chi connectivity index (χ1n) is 13.0. The molecule has 0 radical (unpaired) electrons. The Hall–Kier alpha value is -3.66. The fourth-order valence-electron chi connectivity index (χ4n) is 4.65. The molecule has 42 heavy (non-hydrogen) atoms. The number of amides is 1. The van der Waals surface area contributed by atoms with E-state index < -0.39 is 6.04 Å². The highest BCUT2D eigenvalue weighted by Gasteiger charge is 2.32. The van der Waals surface area contributed by atoms with Crippen molar-refractivity contribution in [3.8, 4) is 23.8 Å². The molecule has 0 saturated heterocycles. The number of rotatable bonds is 8. The highest BCUT2D eigenvalue weighted by atomic mass is 127. The van der Waals surface area contributed by atoms with Crippen LogP contribution in [0.5, 0.6) is 11.5 Å². The number of terminal acetylenes is 1. The first kappa shape index (κ1) is 29.8. The van der Waals surface area contributed by atoms with E-state index in [0.717, 1.165) is 13.6 Å². The average Bonchev–Trinajstić information content (AvgIpc) is 3.27. The standard InChI is InChI=1S/C32H25BrIN3O4S/c1-4-15-41-29-21(16-22(33)18-25(29)34)17-26-31(39)37-28(20-11-13-24(14-12-20)40-5-2)27(19(3)35-32(37)42-26)30(38)36-23-9-7-6-8-10-23/h1,6-14,16-18,28H,5,15H2,2-3H3,(H,36,38)/b26-17-/t28-/m1/s1. The predicted molar refractivity (Wildman–Crippen MR) is 178 cm³/mol. The lowest BCUT2D eigenvalue weighted by Crippen LogP contribution is -2.40. The first-order chi connectivity index (χ1) is 20.3. The summed E-state index contributed by atoms with van der Waals surface area (Å²) >= 11 is 6.97. The molecule has 2 heterocycles. The van der Waals surface area contributed by atoms with Gasteiger partial charge in [-0.3, -0.25) is 14.2 Å². The molecular weight excluding hydrogens is 729 g/mol. The van der Waals surface area contributed by atoms with Crippen LogP contribution in [0.2, 0.25) is 0 Å². The number of para-hydroxylation sites is 1. The molecule has 0 saturated carbocycles. The van der Waals surface area contributed by atoms with Crippen LogP contribution in [0, 0.1) is 15.9 Å². The molecule has 4 aromatic rings. The van der Waals surface area contributed by atoms with Crippen molar-refractivity contribution in [2.45, 2.75) is 19.9 Å². The van der Waals surface area contributed by atoms with E-state index in [-0.39, 0.29) is 18.1 Å². The summed E-state index contributed by atoms with van der Waals surface area (Å²) in [4.78, 5) is 33.1. The van der Waals surface area contributed by atoms with E-state index in [1.807, 2.05) is 73.7 Å². The highest BCUT2D eigenvalue weighted by molar-refractivity contribution is 14.1. The Morgan fingerprint density at radius 2 is 1.93 bits per heavy atom. The van der Waals surface area contributed by atoms with Gasteiger partial charge < -0.3 is 14.8 Å². The van der Waals surface area contributed by atoms with Crippen molar-refractivity contribution in [3.05, 3.63) is 117 Å². The van der Waals surface area contributed by atoms with Crippen LogP contribution in [0.25, 0.3) is 6.08 Å². The lowest BCUT2D eigenvalue weighted by molar-refractivity contribution is -0.113. The largest absolute Gasteiger partial charge is 0.494 e. The van der Waals surface area contributed by atoms with E-state index in [1.54, 1.807) is 17.6 Å². The highest BCUT2D eigenvalue weighted by Crippen LogP contribution is 2.33. The molecule has 212 valence electrons. The average molecular weight is 754 g/mol. The fourth-order valence-corrected chi connectivity index (χ4v) is 7.40. The summed E-state index contributed by atoms with van der Waals surface area (Å²) in [7, 11) is 0. The first-order valence-corrected chi connectivity index (χ1v) is 15.7. The molecule has 7 nitrogen and oxygen atoms in total. The van der Waals surface area contributed by atoms with Gasteiger partial charge in [0.15, 0.2) is 4.80 Å². The number of nitrogens with zero attached hydrogens (tertiary/aromatic N) is 2. The second-order valence-corrected chi connectivity index (χ2v) is 12.3. The zero-order valence-electron chi connectivity index (χ0n) is 22.7. The molecule has 0 spiro atoms. The monoisotopic (exact) mass is 753 g/mol. The zero-order valence-corrected chi connectivity index (χ0v) is 27.2. The van der Waals surface area contributed by atoms with Crippen molar-refractivity contribution < 1.29 is 14.3 Å². The quantitative estimate of drug-likeness (QED) is 0.186. The van der Waals surface area contributed by atoms with Crippen molar-refractivity contribution in [1.29, 1.82) is 0 Å². The molecule has 1 atom stereocenters. The van der Waals surface area contributed by atoms with E-state index >= 15 is 0 Å². The molecule has 5 rings (SSSR count). The number of carbonyl (C=O) groups is 1. The van der Waals surface area contributed by atoms with Gasteiger partial charge in [0.1, 0.15) is 18.1 Å². The number of thiazole rings is 1. The van der Waals surface area contributed by atoms with Crippen molar-refractivity contribution in [1.82, 2.24) is 4.57 Å². The lowest BCUT2D eigenvalue weighted by atomic mass is 9.95. The number of halogens is 2. The van der Waals surface area contributed by atoms with Crippen molar-refractivity contribution in [2.24, 2.45) is 4.99 Å². The van der Waals surface area contributed by atoms with Gasteiger partial charge in [0, 0.05) is 15.7 Å². The number of carbonyl (C=O) groups excluding carboxylic acids is 1. The number of nitrogens with one attached hydrogen (secondary N) is 1. The van der Waals surface area contributed by atoms with Gasteiger partial charge >= 0.3 is 0 Å². The molecule has 1 N–H and O–H groups in total. The summed E-state index contributed by atoms with van der Waals surface area (Å²) in [5, 5.41) is 2.97. The Kier molecular flexibility index (Phi) is 9.30. The Morgan fingerprint density at radius 1 is 1.19 bits per heavy atom. The topological polar surface area (TPSA) is 81.9 Å². The minimum absolute atomic E-state index is 0.0938. The number of hydrogen-bond acceptors (Lipinski definition) is 6. The molecular formula is C32H25BrIN3O4S. The number of anilines is 1. The summed E-state index contributed by atoms with van der Waals surface area (Å²) in [6, 6.07) is 19.7. The maximum atomic E-state index is 14.1. The summed E-state index contributed by atoms with van der Waals surface area (Å²) in [5.41, 5.74) is 2.75. The van der Waals surface area contributed by atoms with Crippen LogP contribution in [0.1, 0.15) is 31.0 Å². The summed E-state index contributed by atoms with van der Waals surface area (Å²) in [6.45, 7) is 4.33. The van der Waals surface area contributed by atoms with E-state index in [1.165, 1.54) is 11.3 Å². The van der Waals surface area contributed by atoms with Crippen LogP contribution in [0.15, 0.2) is 92.3 Å². The minimum Gasteiger partial charge on any atom is -0.494 e. The smallest absolute Gasteiger partial charge is 0.271 e. The van der Waals surface area contributed by atoms with E-state index in [4.69, 9.17) is 20.9 Å². The van der Waals surface area contributed by atoms with Gasteiger partial charge in [-0.2, -0.15) is 0 Å². The van der Waals surface area contributed by atoms with E-state index in [2.05, 4.69) is 49.8 Å².